The monoisotopic (exact) mass is 512 g/mol. The highest BCUT2D eigenvalue weighted by atomic mass is 31.1. The smallest absolute Gasteiger partial charge is 0.0399 e. The van der Waals surface area contributed by atoms with E-state index in [0.717, 1.165) is 28.7 Å². The Bertz CT molecular complexity index is 731. The highest BCUT2D eigenvalue weighted by Gasteiger charge is 2.44. The van der Waals surface area contributed by atoms with E-state index in [1.807, 2.05) is 0 Å². The summed E-state index contributed by atoms with van der Waals surface area (Å²) in [5, 5.41) is 0. The first-order valence-electron chi connectivity index (χ1n) is 15.5. The summed E-state index contributed by atoms with van der Waals surface area (Å²) in [5.41, 5.74) is 5.68. The van der Waals surface area contributed by atoms with Crippen LogP contribution in [0.5, 0.6) is 0 Å². The van der Waals surface area contributed by atoms with E-state index in [2.05, 4.69) is 39.7 Å². The van der Waals surface area contributed by atoms with Crippen LogP contribution in [0.2, 0.25) is 0 Å². The maximum absolute atomic E-state index is 3.20. The number of hydrogen-bond acceptors (Lipinski definition) is 2. The molecule has 1 heterocycles. The van der Waals surface area contributed by atoms with Gasteiger partial charge < -0.3 is 4.67 Å². The van der Waals surface area contributed by atoms with Gasteiger partial charge in [0.2, 0.25) is 0 Å². The summed E-state index contributed by atoms with van der Waals surface area (Å²) in [7, 11) is 0.00760. The van der Waals surface area contributed by atoms with E-state index in [-0.39, 0.29) is 16.1 Å². The van der Waals surface area contributed by atoms with Crippen LogP contribution in [0.25, 0.3) is 0 Å². The molecule has 6 rings (SSSR count). The zero-order valence-electron chi connectivity index (χ0n) is 22.2. The van der Waals surface area contributed by atoms with Crippen LogP contribution in [-0.2, 0) is 0 Å². The SMILES string of the molecule is c1ccc(N(C[C@@H]2CCCN2P(C2CCCC2)C2CCCC2)P(C2CCCC2)C2CCCC2)cc1. The zero-order valence-corrected chi connectivity index (χ0v) is 24.0. The number of nitrogens with zero attached hydrogens (tertiary/aromatic N) is 2. The number of rotatable bonds is 9. The van der Waals surface area contributed by atoms with Crippen molar-refractivity contribution in [1.29, 1.82) is 0 Å². The van der Waals surface area contributed by atoms with Crippen molar-refractivity contribution in [2.24, 2.45) is 0 Å². The minimum Gasteiger partial charge on any atom is -0.348 e. The van der Waals surface area contributed by atoms with Gasteiger partial charge in [-0.3, -0.25) is 4.67 Å². The number of benzene rings is 1. The summed E-state index contributed by atoms with van der Waals surface area (Å²) in [5.74, 6) is 0. The first-order chi connectivity index (χ1) is 17.4. The molecule has 4 aliphatic carbocycles. The quantitative estimate of drug-likeness (QED) is 0.304. The van der Waals surface area contributed by atoms with Crippen molar-refractivity contribution in [2.75, 3.05) is 17.8 Å². The third-order valence-electron chi connectivity index (χ3n) is 10.2. The summed E-state index contributed by atoms with van der Waals surface area (Å²) in [6.45, 7) is 2.75. The zero-order chi connectivity index (χ0) is 23.5. The molecule has 5 aliphatic rings. The van der Waals surface area contributed by atoms with E-state index in [4.69, 9.17) is 0 Å². The van der Waals surface area contributed by atoms with Gasteiger partial charge in [-0.25, -0.2) is 0 Å². The lowest BCUT2D eigenvalue weighted by molar-refractivity contribution is 0.419. The van der Waals surface area contributed by atoms with E-state index in [0.29, 0.717) is 0 Å². The van der Waals surface area contributed by atoms with Gasteiger partial charge in [0.05, 0.1) is 0 Å². The molecule has 0 unspecified atom stereocenters. The first-order valence-corrected chi connectivity index (χ1v) is 18.4. The van der Waals surface area contributed by atoms with Crippen LogP contribution in [0.3, 0.4) is 0 Å². The molecular formula is C31H50N2P2. The fourth-order valence-corrected chi connectivity index (χ4v) is 16.6. The van der Waals surface area contributed by atoms with Crippen LogP contribution in [0.15, 0.2) is 30.3 Å². The molecule has 4 saturated carbocycles. The first kappa shape index (κ1) is 25.1. The summed E-state index contributed by atoms with van der Waals surface area (Å²) in [6, 6.07) is 12.6. The molecule has 194 valence electrons. The maximum atomic E-state index is 3.20. The molecule has 0 bridgehead atoms. The standard InChI is InChI=1S/C31H50N2P2/c1-2-13-26(14-3-1)33(35(30-20-8-9-21-30)31-22-10-11-23-31)25-27-15-12-24-32(27)34(28-16-4-5-17-28)29-18-6-7-19-29/h1-3,13-14,27-31H,4-12,15-25H2/t27-/m0/s1. The molecule has 4 heteroatoms. The Hall–Kier alpha value is -0.160. The molecule has 0 amide bonds. The molecule has 1 aromatic carbocycles. The maximum Gasteiger partial charge on any atom is 0.0399 e. The molecule has 0 aromatic heterocycles. The summed E-state index contributed by atoms with van der Waals surface area (Å²) in [6.07, 6.45) is 27.2. The molecule has 35 heavy (non-hydrogen) atoms. The van der Waals surface area contributed by atoms with Gasteiger partial charge in [0.15, 0.2) is 0 Å². The van der Waals surface area contributed by atoms with Gasteiger partial charge in [-0.1, -0.05) is 69.6 Å². The van der Waals surface area contributed by atoms with Crippen molar-refractivity contribution in [2.45, 2.75) is 144 Å². The third-order valence-corrected chi connectivity index (χ3v) is 17.3. The van der Waals surface area contributed by atoms with Crippen LogP contribution in [-0.4, -0.2) is 46.4 Å². The lowest BCUT2D eigenvalue weighted by atomic mass is 10.2. The number of para-hydroxylation sites is 1. The van der Waals surface area contributed by atoms with Crippen LogP contribution in [0, 0.1) is 0 Å². The Balaban J connectivity index is 1.29. The minimum atomic E-state index is -0.0637. The fraction of sp³-hybridized carbons (Fsp3) is 0.806. The highest BCUT2D eigenvalue weighted by molar-refractivity contribution is 7.61. The third kappa shape index (κ3) is 5.66. The topological polar surface area (TPSA) is 6.48 Å². The number of anilines is 1. The van der Waals surface area contributed by atoms with Crippen LogP contribution < -0.4 is 4.67 Å². The van der Waals surface area contributed by atoms with Crippen molar-refractivity contribution in [3.8, 4) is 0 Å². The average molecular weight is 513 g/mol. The Morgan fingerprint density at radius 3 is 1.60 bits per heavy atom. The summed E-state index contributed by atoms with van der Waals surface area (Å²) >= 11 is 0. The van der Waals surface area contributed by atoms with Crippen molar-refractivity contribution in [3.05, 3.63) is 30.3 Å². The Morgan fingerprint density at radius 1 is 0.600 bits per heavy atom. The molecule has 1 aliphatic heterocycles. The lowest BCUT2D eigenvalue weighted by Crippen LogP contribution is -2.41. The molecule has 1 atom stereocenters. The Kier molecular flexibility index (Phi) is 8.72. The van der Waals surface area contributed by atoms with Crippen molar-refractivity contribution >= 4 is 21.8 Å². The van der Waals surface area contributed by atoms with E-state index >= 15 is 0 Å². The highest BCUT2D eigenvalue weighted by Crippen LogP contribution is 2.63. The second-order valence-electron chi connectivity index (χ2n) is 12.4. The molecule has 1 saturated heterocycles. The fourth-order valence-electron chi connectivity index (χ4n) is 8.53. The van der Waals surface area contributed by atoms with Gasteiger partial charge in [-0.2, -0.15) is 0 Å². The van der Waals surface area contributed by atoms with Gasteiger partial charge in [0, 0.05) is 24.8 Å². The van der Waals surface area contributed by atoms with Crippen LogP contribution in [0.4, 0.5) is 5.69 Å². The average Bonchev–Trinajstić information content (AvgIpc) is 3.72. The molecular weight excluding hydrogens is 462 g/mol. The predicted octanol–water partition coefficient (Wildman–Crippen LogP) is 9.52. The number of hydrogen-bond donors (Lipinski definition) is 0. The summed E-state index contributed by atoms with van der Waals surface area (Å²) < 4.78 is 6.29. The molecule has 5 fully saturated rings. The Morgan fingerprint density at radius 2 is 1.09 bits per heavy atom. The lowest BCUT2D eigenvalue weighted by Gasteiger charge is -2.46. The largest absolute Gasteiger partial charge is 0.348 e. The van der Waals surface area contributed by atoms with Crippen molar-refractivity contribution in [3.63, 3.8) is 0 Å². The minimum absolute atomic E-state index is 0.0637. The molecule has 0 N–H and O–H groups in total. The second kappa shape index (κ2) is 12.1. The Labute approximate surface area is 218 Å². The molecule has 0 radical (unpaired) electrons. The van der Waals surface area contributed by atoms with Crippen molar-refractivity contribution in [1.82, 2.24) is 4.67 Å². The van der Waals surface area contributed by atoms with Crippen LogP contribution >= 0.6 is 16.1 Å². The second-order valence-corrected chi connectivity index (χ2v) is 17.8. The van der Waals surface area contributed by atoms with Gasteiger partial charge in [0.25, 0.3) is 0 Å². The van der Waals surface area contributed by atoms with Gasteiger partial charge in [-0.05, 0) is 115 Å². The van der Waals surface area contributed by atoms with Gasteiger partial charge >= 0.3 is 0 Å². The van der Waals surface area contributed by atoms with E-state index < -0.39 is 0 Å². The van der Waals surface area contributed by atoms with Gasteiger partial charge in [-0.15, -0.1) is 0 Å². The van der Waals surface area contributed by atoms with E-state index in [9.17, 15) is 0 Å². The summed E-state index contributed by atoms with van der Waals surface area (Å²) in [4.78, 5) is 0. The molecule has 1 aromatic rings. The molecule has 2 nitrogen and oxygen atoms in total. The van der Waals surface area contributed by atoms with Gasteiger partial charge in [0.1, 0.15) is 0 Å². The van der Waals surface area contributed by atoms with E-state index in [1.54, 1.807) is 31.4 Å². The van der Waals surface area contributed by atoms with Crippen molar-refractivity contribution < 1.29 is 0 Å². The molecule has 0 spiro atoms. The van der Waals surface area contributed by atoms with E-state index in [1.165, 1.54) is 103 Å². The van der Waals surface area contributed by atoms with Crippen LogP contribution in [0.1, 0.15) is 116 Å². The predicted molar refractivity (Wildman–Crippen MR) is 156 cm³/mol. The normalized spacial score (nSPS) is 27.9.